The van der Waals surface area contributed by atoms with E-state index in [9.17, 15) is 19.6 Å². The number of barbiturate groups is 1. The number of halogens is 2. The molecule has 0 aromatic heterocycles. The third kappa shape index (κ3) is 5.18. The second-order valence-corrected chi connectivity index (χ2v) is 14.3. The van der Waals surface area contributed by atoms with E-state index in [4.69, 9.17) is 4.74 Å². The minimum atomic E-state index is -0.761. The highest BCUT2D eigenvalue weighted by molar-refractivity contribution is 9.11. The number of carbonyl (C=O) groups is 3. The Labute approximate surface area is 272 Å². The van der Waals surface area contributed by atoms with Crippen LogP contribution in [0.3, 0.4) is 0 Å². The SMILES string of the molecule is N#Cc1ccccc1COc1c(Br)cc(/C=C2\C(=O)NC(=O)N(c3ccc(C45CC6CC(CC(C6)C4)C5)cc3)C2=O)cc1Br. The number of urea groups is 1. The van der Waals surface area contributed by atoms with Gasteiger partial charge in [-0.1, -0.05) is 30.3 Å². The first-order valence-corrected chi connectivity index (χ1v) is 16.4. The molecule has 8 rings (SSSR count). The van der Waals surface area contributed by atoms with Crippen LogP contribution in [0.25, 0.3) is 6.08 Å². The second-order valence-electron chi connectivity index (χ2n) is 12.6. The van der Waals surface area contributed by atoms with Gasteiger partial charge in [-0.3, -0.25) is 14.9 Å². The fourth-order valence-electron chi connectivity index (χ4n) is 8.19. The van der Waals surface area contributed by atoms with Crippen molar-refractivity contribution < 1.29 is 19.1 Å². The van der Waals surface area contributed by atoms with Gasteiger partial charge in [-0.25, -0.2) is 9.69 Å². The van der Waals surface area contributed by atoms with Crippen LogP contribution in [0.4, 0.5) is 10.5 Å². The fraction of sp³-hybridized carbons (Fsp3) is 0.314. The van der Waals surface area contributed by atoms with Gasteiger partial charge in [0.15, 0.2) is 0 Å². The lowest BCUT2D eigenvalue weighted by Gasteiger charge is -2.57. The molecular formula is C35H29Br2N3O4. The molecule has 0 spiro atoms. The van der Waals surface area contributed by atoms with Gasteiger partial charge in [-0.05, 0) is 141 Å². The second kappa shape index (κ2) is 11.3. The predicted octanol–water partition coefficient (Wildman–Crippen LogP) is 7.80. The third-order valence-corrected chi connectivity index (χ3v) is 10.9. The number of nitrogens with zero attached hydrogens (tertiary/aromatic N) is 2. The summed E-state index contributed by atoms with van der Waals surface area (Å²) in [5.41, 5.74) is 3.62. The molecule has 1 saturated heterocycles. The Morgan fingerprint density at radius 1 is 0.932 bits per heavy atom. The van der Waals surface area contributed by atoms with Crippen LogP contribution in [0.5, 0.6) is 5.75 Å². The summed E-state index contributed by atoms with van der Waals surface area (Å²) >= 11 is 7.05. The summed E-state index contributed by atoms with van der Waals surface area (Å²) in [6.07, 6.45) is 9.24. The Balaban J connectivity index is 1.12. The molecule has 3 aromatic rings. The van der Waals surface area contributed by atoms with Crippen molar-refractivity contribution in [2.75, 3.05) is 4.90 Å². The van der Waals surface area contributed by atoms with E-state index in [2.05, 4.69) is 55.4 Å². The number of imide groups is 2. The molecule has 5 fully saturated rings. The lowest BCUT2D eigenvalue weighted by atomic mass is 9.48. The number of carbonyl (C=O) groups excluding carboxylic acids is 3. The van der Waals surface area contributed by atoms with Crippen LogP contribution < -0.4 is 15.0 Å². The number of nitrogens with one attached hydrogen (secondary N) is 1. The molecule has 3 aromatic carbocycles. The maximum Gasteiger partial charge on any atom is 0.335 e. The molecule has 7 nitrogen and oxygen atoms in total. The van der Waals surface area contributed by atoms with Gasteiger partial charge in [-0.15, -0.1) is 0 Å². The average Bonchev–Trinajstić information content (AvgIpc) is 2.98. The molecule has 5 aliphatic rings. The molecule has 4 saturated carbocycles. The van der Waals surface area contributed by atoms with Crippen LogP contribution in [0.15, 0.2) is 75.2 Å². The molecule has 4 bridgehead atoms. The van der Waals surface area contributed by atoms with E-state index in [0.29, 0.717) is 31.5 Å². The molecule has 0 unspecified atom stereocenters. The van der Waals surface area contributed by atoms with Crippen molar-refractivity contribution in [2.24, 2.45) is 17.8 Å². The van der Waals surface area contributed by atoms with Crippen LogP contribution in [-0.4, -0.2) is 17.8 Å². The zero-order chi connectivity index (χ0) is 30.6. The largest absolute Gasteiger partial charge is 0.486 e. The fourth-order valence-corrected chi connectivity index (χ4v) is 9.64. The monoisotopic (exact) mass is 713 g/mol. The number of benzene rings is 3. The number of nitriles is 1. The number of ether oxygens (including phenoxy) is 1. The van der Waals surface area contributed by atoms with Crippen LogP contribution in [-0.2, 0) is 21.6 Å². The van der Waals surface area contributed by atoms with E-state index < -0.39 is 17.8 Å². The summed E-state index contributed by atoms with van der Waals surface area (Å²) in [4.78, 5) is 40.4. The Kier molecular flexibility index (Phi) is 7.46. The van der Waals surface area contributed by atoms with E-state index in [1.54, 1.807) is 24.3 Å². The third-order valence-electron chi connectivity index (χ3n) is 9.72. The van der Waals surface area contributed by atoms with Crippen molar-refractivity contribution in [3.05, 3.63) is 97.4 Å². The molecule has 0 atom stereocenters. The van der Waals surface area contributed by atoms with Gasteiger partial charge in [-0.2, -0.15) is 5.26 Å². The highest BCUT2D eigenvalue weighted by Gasteiger charge is 2.51. The van der Waals surface area contributed by atoms with Gasteiger partial charge in [0.1, 0.15) is 17.9 Å². The van der Waals surface area contributed by atoms with Gasteiger partial charge >= 0.3 is 6.03 Å². The molecule has 0 radical (unpaired) electrons. The smallest absolute Gasteiger partial charge is 0.335 e. The molecule has 1 aliphatic heterocycles. The van der Waals surface area contributed by atoms with E-state index >= 15 is 0 Å². The molecule has 9 heteroatoms. The molecule has 1 heterocycles. The highest BCUT2D eigenvalue weighted by atomic mass is 79.9. The Morgan fingerprint density at radius 3 is 2.16 bits per heavy atom. The lowest BCUT2D eigenvalue weighted by Crippen LogP contribution is -2.54. The Morgan fingerprint density at radius 2 is 1.55 bits per heavy atom. The minimum Gasteiger partial charge on any atom is -0.486 e. The number of anilines is 1. The van der Waals surface area contributed by atoms with Gasteiger partial charge in [0.25, 0.3) is 11.8 Å². The van der Waals surface area contributed by atoms with Gasteiger partial charge in [0.2, 0.25) is 0 Å². The number of rotatable bonds is 6. The van der Waals surface area contributed by atoms with Crippen LogP contribution in [0, 0.1) is 29.1 Å². The Hall–Kier alpha value is -3.74. The minimum absolute atomic E-state index is 0.148. The summed E-state index contributed by atoms with van der Waals surface area (Å²) in [6.45, 7) is 0.182. The Bertz CT molecular complexity index is 1720. The summed E-state index contributed by atoms with van der Waals surface area (Å²) in [6, 6.07) is 19.9. The van der Waals surface area contributed by atoms with Gasteiger partial charge < -0.3 is 4.74 Å². The zero-order valence-corrected chi connectivity index (χ0v) is 27.0. The maximum atomic E-state index is 13.6. The molecular weight excluding hydrogens is 686 g/mol. The number of hydrogen-bond acceptors (Lipinski definition) is 5. The highest BCUT2D eigenvalue weighted by Crippen LogP contribution is 2.60. The van der Waals surface area contributed by atoms with E-state index in [0.717, 1.165) is 28.2 Å². The number of hydrogen-bond donors (Lipinski definition) is 1. The lowest BCUT2D eigenvalue weighted by molar-refractivity contribution is -0.122. The van der Waals surface area contributed by atoms with Crippen molar-refractivity contribution in [1.29, 1.82) is 5.26 Å². The van der Waals surface area contributed by atoms with Gasteiger partial charge in [0, 0.05) is 5.56 Å². The summed E-state index contributed by atoms with van der Waals surface area (Å²) in [5, 5.41) is 11.7. The molecule has 222 valence electrons. The van der Waals surface area contributed by atoms with Crippen molar-refractivity contribution in [3.63, 3.8) is 0 Å². The number of amides is 4. The van der Waals surface area contributed by atoms with E-state index in [1.807, 2.05) is 24.3 Å². The first-order chi connectivity index (χ1) is 21.2. The van der Waals surface area contributed by atoms with E-state index in [-0.39, 0.29) is 17.6 Å². The van der Waals surface area contributed by atoms with Crippen molar-refractivity contribution in [2.45, 2.75) is 50.5 Å². The molecule has 44 heavy (non-hydrogen) atoms. The van der Waals surface area contributed by atoms with Crippen molar-refractivity contribution in [1.82, 2.24) is 5.32 Å². The van der Waals surface area contributed by atoms with Crippen molar-refractivity contribution in [3.8, 4) is 11.8 Å². The average molecular weight is 715 g/mol. The molecule has 1 N–H and O–H groups in total. The van der Waals surface area contributed by atoms with E-state index in [1.165, 1.54) is 50.2 Å². The predicted molar refractivity (Wildman–Crippen MR) is 173 cm³/mol. The van der Waals surface area contributed by atoms with Crippen LogP contribution in [0.2, 0.25) is 0 Å². The topological polar surface area (TPSA) is 99.5 Å². The maximum absolute atomic E-state index is 13.6. The van der Waals surface area contributed by atoms with Crippen LogP contribution in [0.1, 0.15) is 60.8 Å². The summed E-state index contributed by atoms with van der Waals surface area (Å²) in [7, 11) is 0. The summed E-state index contributed by atoms with van der Waals surface area (Å²) < 4.78 is 7.17. The molecule has 4 amide bonds. The zero-order valence-electron chi connectivity index (χ0n) is 23.8. The first kappa shape index (κ1) is 29.0. The molecule has 4 aliphatic carbocycles. The normalized spacial score (nSPS) is 26.6. The quantitative estimate of drug-likeness (QED) is 0.208. The standard InChI is InChI=1S/C35H29Br2N3O4/c36-29-13-20(14-30(37)31(29)44-19-25-4-2-1-3-24(25)18-38)12-28-32(41)39-34(43)40(33(28)42)27-7-5-26(6-8-27)35-15-21-9-22(16-35)11-23(10-21)17-35/h1-8,12-14,21-23H,9-11,15-17,19H2,(H,39,41,43)/b28-12+. The van der Waals surface area contributed by atoms with Gasteiger partial charge in [0.05, 0.1) is 26.3 Å². The first-order valence-electron chi connectivity index (χ1n) is 14.8. The summed E-state index contributed by atoms with van der Waals surface area (Å²) in [5.74, 6) is 1.53. The van der Waals surface area contributed by atoms with Crippen LogP contribution >= 0.6 is 31.9 Å². The van der Waals surface area contributed by atoms with Crippen molar-refractivity contribution >= 4 is 61.5 Å².